The second-order valence-electron chi connectivity index (χ2n) is 5.11. The van der Waals surface area contributed by atoms with E-state index in [2.05, 4.69) is 12.1 Å². The number of likely N-dealkylation sites (tertiary alicyclic amines) is 1. The third kappa shape index (κ3) is 3.65. The minimum atomic E-state index is -0.187. The van der Waals surface area contributed by atoms with Crippen LogP contribution in [0.3, 0.4) is 0 Å². The minimum absolute atomic E-state index is 0.187. The van der Waals surface area contributed by atoms with Crippen LogP contribution in [0.25, 0.3) is 0 Å². The van der Waals surface area contributed by atoms with Crippen LogP contribution in [0.15, 0.2) is 24.3 Å². The summed E-state index contributed by atoms with van der Waals surface area (Å²) in [6.45, 7) is 3.82. The van der Waals surface area contributed by atoms with Crippen molar-refractivity contribution in [2.75, 3.05) is 26.8 Å². The number of nitrogens with zero attached hydrogens (tertiary/aromatic N) is 1. The van der Waals surface area contributed by atoms with Gasteiger partial charge in [0.1, 0.15) is 5.75 Å². The summed E-state index contributed by atoms with van der Waals surface area (Å²) in [7, 11) is 1.67. The first-order valence-corrected chi connectivity index (χ1v) is 7.30. The highest BCUT2D eigenvalue weighted by Gasteiger charge is 2.23. The second kappa shape index (κ2) is 7.17. The molecule has 4 heteroatoms. The Morgan fingerprint density at radius 3 is 2.70 bits per heavy atom. The smallest absolute Gasteiger partial charge is 0.409 e. The maximum atomic E-state index is 11.9. The van der Waals surface area contributed by atoms with Gasteiger partial charge in [0, 0.05) is 19.0 Å². The molecule has 1 atom stereocenters. The van der Waals surface area contributed by atoms with Crippen LogP contribution in [0.1, 0.15) is 37.7 Å². The highest BCUT2D eigenvalue weighted by atomic mass is 16.6. The van der Waals surface area contributed by atoms with Crippen LogP contribution in [-0.4, -0.2) is 37.8 Å². The summed E-state index contributed by atoms with van der Waals surface area (Å²) < 4.78 is 10.3. The van der Waals surface area contributed by atoms with Crippen LogP contribution >= 0.6 is 0 Å². The molecule has 2 rings (SSSR count). The fraction of sp³-hybridized carbons (Fsp3) is 0.562. The molecule has 0 saturated carbocycles. The zero-order chi connectivity index (χ0) is 14.4. The van der Waals surface area contributed by atoms with Crippen molar-refractivity contribution in [3.05, 3.63) is 29.8 Å². The van der Waals surface area contributed by atoms with Crippen molar-refractivity contribution in [2.24, 2.45) is 0 Å². The molecule has 110 valence electrons. The van der Waals surface area contributed by atoms with Gasteiger partial charge in [0.05, 0.1) is 13.7 Å². The van der Waals surface area contributed by atoms with Gasteiger partial charge in [0.2, 0.25) is 0 Å². The van der Waals surface area contributed by atoms with Crippen LogP contribution in [0.2, 0.25) is 0 Å². The van der Waals surface area contributed by atoms with Gasteiger partial charge in [-0.2, -0.15) is 0 Å². The van der Waals surface area contributed by atoms with E-state index in [0.717, 1.165) is 38.1 Å². The van der Waals surface area contributed by atoms with Crippen LogP contribution in [0, 0.1) is 0 Å². The predicted octanol–water partition coefficient (Wildman–Crippen LogP) is 3.42. The van der Waals surface area contributed by atoms with E-state index in [1.165, 1.54) is 5.56 Å². The fourth-order valence-electron chi connectivity index (χ4n) is 2.67. The zero-order valence-electron chi connectivity index (χ0n) is 12.3. The predicted molar refractivity (Wildman–Crippen MR) is 78.2 cm³/mol. The molecule has 0 bridgehead atoms. The summed E-state index contributed by atoms with van der Waals surface area (Å²) in [4.78, 5) is 13.8. The molecule has 0 spiro atoms. The molecule has 0 aromatic heterocycles. The first-order valence-electron chi connectivity index (χ1n) is 7.30. The molecule has 0 N–H and O–H groups in total. The highest BCUT2D eigenvalue weighted by Crippen LogP contribution is 2.28. The maximum Gasteiger partial charge on any atom is 0.409 e. The van der Waals surface area contributed by atoms with E-state index in [4.69, 9.17) is 9.47 Å². The maximum absolute atomic E-state index is 11.9. The lowest BCUT2D eigenvalue weighted by molar-refractivity contribution is 0.107. The number of carbonyl (C=O) groups excluding carboxylic acids is 1. The van der Waals surface area contributed by atoms with E-state index < -0.39 is 0 Å². The summed E-state index contributed by atoms with van der Waals surface area (Å²) in [6.07, 6.45) is 3.12. The number of amides is 1. The van der Waals surface area contributed by atoms with Gasteiger partial charge in [0.25, 0.3) is 0 Å². The molecule has 20 heavy (non-hydrogen) atoms. The molecule has 1 aromatic carbocycles. The number of ether oxygens (including phenoxy) is 2. The molecule has 1 saturated heterocycles. The summed E-state index contributed by atoms with van der Waals surface area (Å²) in [5.74, 6) is 1.25. The highest BCUT2D eigenvalue weighted by molar-refractivity contribution is 5.67. The van der Waals surface area contributed by atoms with Crippen molar-refractivity contribution in [3.8, 4) is 5.75 Å². The van der Waals surface area contributed by atoms with Gasteiger partial charge in [-0.05, 0) is 37.5 Å². The third-order valence-corrected chi connectivity index (χ3v) is 3.78. The first kappa shape index (κ1) is 14.7. The van der Waals surface area contributed by atoms with Crippen molar-refractivity contribution in [2.45, 2.75) is 32.1 Å². The topological polar surface area (TPSA) is 38.8 Å². The molecule has 1 aliphatic rings. The lowest BCUT2D eigenvalue weighted by Crippen LogP contribution is -2.34. The molecule has 4 nitrogen and oxygen atoms in total. The molecular weight excluding hydrogens is 254 g/mol. The number of carbonyl (C=O) groups is 1. The largest absolute Gasteiger partial charge is 0.497 e. The van der Waals surface area contributed by atoms with Gasteiger partial charge < -0.3 is 14.4 Å². The molecule has 1 heterocycles. The standard InChI is InChI=1S/C16H23NO3/c1-3-20-16(18)17-11-5-4-6-14(12-17)13-7-9-15(19-2)10-8-13/h7-10,14H,3-6,11-12H2,1-2H3. The van der Waals surface area contributed by atoms with Gasteiger partial charge in [-0.3, -0.25) is 0 Å². The van der Waals surface area contributed by atoms with Crippen molar-refractivity contribution < 1.29 is 14.3 Å². The molecule has 1 aliphatic heterocycles. The van der Waals surface area contributed by atoms with Crippen LogP contribution in [0.5, 0.6) is 5.75 Å². The third-order valence-electron chi connectivity index (χ3n) is 3.78. The Labute approximate surface area is 120 Å². The van der Waals surface area contributed by atoms with E-state index >= 15 is 0 Å². The van der Waals surface area contributed by atoms with E-state index in [1.807, 2.05) is 24.0 Å². The molecule has 1 aromatic rings. The lowest BCUT2D eigenvalue weighted by atomic mass is 9.94. The Balaban J connectivity index is 2.07. The molecular formula is C16H23NO3. The van der Waals surface area contributed by atoms with E-state index in [0.29, 0.717) is 12.5 Å². The van der Waals surface area contributed by atoms with Crippen molar-refractivity contribution in [1.82, 2.24) is 4.90 Å². The van der Waals surface area contributed by atoms with Crippen molar-refractivity contribution in [3.63, 3.8) is 0 Å². The molecule has 0 radical (unpaired) electrons. The SMILES string of the molecule is CCOC(=O)N1CCCCC(c2ccc(OC)cc2)C1. The molecule has 1 amide bonds. The average Bonchev–Trinajstić information content (AvgIpc) is 2.74. The number of benzene rings is 1. The van der Waals surface area contributed by atoms with Crippen molar-refractivity contribution >= 4 is 6.09 Å². The Morgan fingerprint density at radius 1 is 1.30 bits per heavy atom. The summed E-state index contributed by atoms with van der Waals surface area (Å²) in [5.41, 5.74) is 1.27. The molecule has 1 fully saturated rings. The zero-order valence-corrected chi connectivity index (χ0v) is 12.3. The van der Waals surface area contributed by atoms with E-state index in [1.54, 1.807) is 7.11 Å². The summed E-state index contributed by atoms with van der Waals surface area (Å²) in [5, 5.41) is 0. The monoisotopic (exact) mass is 277 g/mol. The van der Waals surface area contributed by atoms with Gasteiger partial charge >= 0.3 is 6.09 Å². The Morgan fingerprint density at radius 2 is 2.05 bits per heavy atom. The Hall–Kier alpha value is -1.71. The van der Waals surface area contributed by atoms with E-state index in [-0.39, 0.29) is 6.09 Å². The van der Waals surface area contributed by atoms with E-state index in [9.17, 15) is 4.79 Å². The Kier molecular flexibility index (Phi) is 5.27. The van der Waals surface area contributed by atoms with Crippen LogP contribution in [0.4, 0.5) is 4.79 Å². The average molecular weight is 277 g/mol. The normalized spacial score (nSPS) is 19.3. The number of hydrogen-bond donors (Lipinski definition) is 0. The fourth-order valence-corrected chi connectivity index (χ4v) is 2.67. The summed E-state index contributed by atoms with van der Waals surface area (Å²) in [6, 6.07) is 8.15. The van der Waals surface area contributed by atoms with Gasteiger partial charge in [-0.1, -0.05) is 18.6 Å². The quantitative estimate of drug-likeness (QED) is 0.849. The van der Waals surface area contributed by atoms with Gasteiger partial charge in [-0.25, -0.2) is 4.79 Å². The number of methoxy groups -OCH3 is 1. The Bertz CT molecular complexity index is 430. The van der Waals surface area contributed by atoms with Gasteiger partial charge in [-0.15, -0.1) is 0 Å². The first-order chi connectivity index (χ1) is 9.74. The van der Waals surface area contributed by atoms with Crippen LogP contribution < -0.4 is 4.74 Å². The second-order valence-corrected chi connectivity index (χ2v) is 5.11. The molecule has 1 unspecified atom stereocenters. The van der Waals surface area contributed by atoms with Crippen LogP contribution in [-0.2, 0) is 4.74 Å². The molecule has 0 aliphatic carbocycles. The number of hydrogen-bond acceptors (Lipinski definition) is 3. The summed E-state index contributed by atoms with van der Waals surface area (Å²) >= 11 is 0. The number of rotatable bonds is 3. The van der Waals surface area contributed by atoms with Crippen molar-refractivity contribution in [1.29, 1.82) is 0 Å². The minimum Gasteiger partial charge on any atom is -0.497 e. The lowest BCUT2D eigenvalue weighted by Gasteiger charge is -2.24. The van der Waals surface area contributed by atoms with Gasteiger partial charge in [0.15, 0.2) is 0 Å².